The van der Waals surface area contributed by atoms with Crippen molar-refractivity contribution < 1.29 is 29.0 Å². The minimum absolute atomic E-state index is 0.0105. The highest BCUT2D eigenvalue weighted by Gasteiger charge is 2.71. The minimum Gasteiger partial charge on any atom is -0.481 e. The number of fused-ring (bicyclic) bond motifs is 7. The second-order valence-electron chi connectivity index (χ2n) is 18.8. The van der Waals surface area contributed by atoms with E-state index in [-0.39, 0.29) is 64.1 Å². The topological polar surface area (TPSA) is 128 Å². The predicted octanol–water partition coefficient (Wildman–Crippen LogP) is 7.75. The first-order valence-corrected chi connectivity index (χ1v) is 18.7. The molecule has 5 aliphatic rings. The van der Waals surface area contributed by atoms with E-state index in [1.165, 1.54) is 0 Å². The van der Waals surface area contributed by atoms with E-state index in [1.807, 2.05) is 19.3 Å². The van der Waals surface area contributed by atoms with Crippen LogP contribution in [0.25, 0.3) is 0 Å². The van der Waals surface area contributed by atoms with Crippen LogP contribution in [0.1, 0.15) is 127 Å². The van der Waals surface area contributed by atoms with E-state index in [1.54, 1.807) is 18.5 Å². The third-order valence-electron chi connectivity index (χ3n) is 15.2. The van der Waals surface area contributed by atoms with Gasteiger partial charge in [-0.3, -0.25) is 23.9 Å². The summed E-state index contributed by atoms with van der Waals surface area (Å²) >= 11 is 0. The molecule has 6 rings (SSSR count). The van der Waals surface area contributed by atoms with Crippen LogP contribution in [0.15, 0.2) is 23.4 Å². The molecular weight excluding hydrogens is 618 g/mol. The number of allylic oxidation sites excluding steroid dienone is 1. The van der Waals surface area contributed by atoms with Crippen molar-refractivity contribution in [2.45, 2.75) is 133 Å². The van der Waals surface area contributed by atoms with Crippen LogP contribution in [0.5, 0.6) is 0 Å². The maximum Gasteiger partial charge on any atom is 0.309 e. The van der Waals surface area contributed by atoms with Crippen molar-refractivity contribution >= 4 is 29.4 Å². The lowest BCUT2D eigenvalue weighted by Gasteiger charge is -2.72. The maximum absolute atomic E-state index is 14.4. The van der Waals surface area contributed by atoms with Crippen molar-refractivity contribution in [2.75, 3.05) is 5.32 Å². The van der Waals surface area contributed by atoms with Crippen LogP contribution in [0, 0.1) is 56.2 Å². The van der Waals surface area contributed by atoms with E-state index in [2.05, 4.69) is 58.9 Å². The van der Waals surface area contributed by atoms with E-state index in [0.29, 0.717) is 24.1 Å². The quantitative estimate of drug-likeness (QED) is 0.283. The number of Topliss-reactive ketones (excluding diaryl/α,β-unsaturated/α-hetero) is 1. The van der Waals surface area contributed by atoms with E-state index in [9.17, 15) is 24.3 Å². The lowest BCUT2D eigenvalue weighted by Crippen LogP contribution is -2.66. The fourth-order valence-corrected chi connectivity index (χ4v) is 12.4. The number of amides is 1. The third-order valence-corrected chi connectivity index (χ3v) is 15.2. The number of esters is 1. The van der Waals surface area contributed by atoms with Crippen molar-refractivity contribution in [2.24, 2.45) is 63.2 Å². The summed E-state index contributed by atoms with van der Waals surface area (Å²) < 4.78 is 7.82. The molecule has 0 aliphatic heterocycles. The molecule has 0 bridgehead atoms. The molecule has 0 spiro atoms. The summed E-state index contributed by atoms with van der Waals surface area (Å²) in [5, 5.41) is 17.1. The van der Waals surface area contributed by atoms with Gasteiger partial charge in [0.15, 0.2) is 11.6 Å². The molecule has 1 amide bonds. The van der Waals surface area contributed by atoms with E-state index in [0.717, 1.165) is 56.1 Å². The maximum atomic E-state index is 14.4. The van der Waals surface area contributed by atoms with Crippen molar-refractivity contribution in [1.29, 1.82) is 0 Å². The number of anilines is 1. The fraction of sp³-hybridized carbons (Fsp3) is 0.775. The van der Waals surface area contributed by atoms with Gasteiger partial charge in [-0.2, -0.15) is 5.10 Å². The summed E-state index contributed by atoms with van der Waals surface area (Å²) in [5.41, 5.74) is -0.264. The first-order valence-electron chi connectivity index (χ1n) is 18.7. The second kappa shape index (κ2) is 11.5. The molecule has 0 unspecified atom stereocenters. The first-order chi connectivity index (χ1) is 22.6. The molecule has 2 N–H and O–H groups in total. The van der Waals surface area contributed by atoms with Gasteiger partial charge in [0.1, 0.15) is 6.10 Å². The number of nitrogens with zero attached hydrogens (tertiary/aromatic N) is 2. The standard InChI is InChI=1S/C40H59N3O6/c1-23(2)31-25(44)21-40(33(46)41-29-15-20-43(10)42-29)19-18-38(8)24(32(31)40)11-12-27-37(7)16-14-28(49-30(45)22-35(3,4)34(47)48)36(5,6)26(37)13-17-39(27,38)9/h15,20,23-24,26-28H,11-14,16-19,21-22H2,1-10H3,(H,47,48)(H,41,42,46)/t24-,26+,27-,28+,37+,38-,39-,40-/m1/s1. The average molecular weight is 678 g/mol. The van der Waals surface area contributed by atoms with Gasteiger partial charge in [0, 0.05) is 31.1 Å². The average Bonchev–Trinajstić information content (AvgIpc) is 3.54. The number of ether oxygens (including phenoxy) is 1. The normalized spacial score (nSPS) is 38.3. The Kier molecular flexibility index (Phi) is 8.43. The Morgan fingerprint density at radius 2 is 1.69 bits per heavy atom. The molecule has 5 aliphatic carbocycles. The lowest BCUT2D eigenvalue weighted by atomic mass is 9.33. The van der Waals surface area contributed by atoms with Gasteiger partial charge in [-0.15, -0.1) is 0 Å². The van der Waals surface area contributed by atoms with Crippen molar-refractivity contribution in [1.82, 2.24) is 9.78 Å². The van der Waals surface area contributed by atoms with Gasteiger partial charge in [0.25, 0.3) is 0 Å². The van der Waals surface area contributed by atoms with E-state index in [4.69, 9.17) is 4.74 Å². The highest BCUT2D eigenvalue weighted by molar-refractivity contribution is 6.09. The van der Waals surface area contributed by atoms with E-state index < -0.39 is 22.8 Å². The Morgan fingerprint density at radius 1 is 1.00 bits per heavy atom. The molecule has 4 saturated carbocycles. The molecule has 0 aromatic carbocycles. The number of aryl methyl sites for hydroxylation is 1. The molecule has 1 aromatic heterocycles. The highest BCUT2D eigenvalue weighted by atomic mass is 16.5. The molecule has 0 radical (unpaired) electrons. The van der Waals surface area contributed by atoms with Crippen LogP contribution in [0.4, 0.5) is 5.82 Å². The number of rotatable bonds is 7. The molecule has 9 heteroatoms. The zero-order chi connectivity index (χ0) is 36.1. The molecule has 1 aromatic rings. The van der Waals surface area contributed by atoms with Crippen LogP contribution in [-0.2, 0) is 31.0 Å². The molecule has 9 nitrogen and oxygen atoms in total. The Labute approximate surface area is 292 Å². The number of hydrogen-bond donors (Lipinski definition) is 2. The summed E-state index contributed by atoms with van der Waals surface area (Å²) in [6.07, 6.45) is 9.01. The number of nitrogens with one attached hydrogen (secondary N) is 1. The number of carbonyl (C=O) groups excluding carboxylic acids is 3. The van der Waals surface area contributed by atoms with Gasteiger partial charge < -0.3 is 15.2 Å². The lowest BCUT2D eigenvalue weighted by molar-refractivity contribution is -0.233. The number of aliphatic carboxylic acids is 1. The predicted molar refractivity (Wildman–Crippen MR) is 187 cm³/mol. The smallest absolute Gasteiger partial charge is 0.309 e. The number of ketones is 1. The second-order valence-corrected chi connectivity index (χ2v) is 18.8. The number of carbonyl (C=O) groups is 4. The zero-order valence-electron chi connectivity index (χ0n) is 31.5. The number of carboxylic acid groups (broad SMARTS) is 1. The van der Waals surface area contributed by atoms with Crippen LogP contribution < -0.4 is 5.32 Å². The number of aromatic nitrogens is 2. The SMILES string of the molecule is CC(C)C1=C2[C@H]3CC[C@@H]4[C@@]5(C)CC[C@H](OC(=O)CC(C)(C)C(=O)O)C(C)(C)[C@@H]5CC[C@@]4(C)[C@]3(C)CC[C@@]2(C(=O)Nc2ccn(C)n2)CC1=O. The Hall–Kier alpha value is -2.97. The van der Waals surface area contributed by atoms with Crippen LogP contribution >= 0.6 is 0 Å². The number of carboxylic acids is 1. The highest BCUT2D eigenvalue weighted by Crippen LogP contribution is 2.76. The Morgan fingerprint density at radius 3 is 2.31 bits per heavy atom. The Balaban J connectivity index is 1.31. The summed E-state index contributed by atoms with van der Waals surface area (Å²) in [4.78, 5) is 53.0. The molecule has 270 valence electrons. The summed E-state index contributed by atoms with van der Waals surface area (Å²) in [6.45, 7) is 19.3. The molecule has 0 saturated heterocycles. The summed E-state index contributed by atoms with van der Waals surface area (Å²) in [7, 11) is 1.83. The fourth-order valence-electron chi connectivity index (χ4n) is 12.4. The zero-order valence-corrected chi connectivity index (χ0v) is 31.5. The van der Waals surface area contributed by atoms with Crippen LogP contribution in [0.2, 0.25) is 0 Å². The van der Waals surface area contributed by atoms with Gasteiger partial charge in [-0.25, -0.2) is 0 Å². The summed E-state index contributed by atoms with van der Waals surface area (Å²) in [6, 6.07) is 1.81. The largest absolute Gasteiger partial charge is 0.481 e. The minimum atomic E-state index is -1.17. The van der Waals surface area contributed by atoms with Gasteiger partial charge in [0.2, 0.25) is 5.91 Å². The van der Waals surface area contributed by atoms with Crippen molar-refractivity contribution in [3.63, 3.8) is 0 Å². The monoisotopic (exact) mass is 677 g/mol. The number of hydrogen-bond acceptors (Lipinski definition) is 6. The van der Waals surface area contributed by atoms with Gasteiger partial charge in [0.05, 0.1) is 17.3 Å². The van der Waals surface area contributed by atoms with Gasteiger partial charge in [-0.1, -0.05) is 48.5 Å². The van der Waals surface area contributed by atoms with Crippen molar-refractivity contribution in [3.05, 3.63) is 23.4 Å². The van der Waals surface area contributed by atoms with Crippen LogP contribution in [-0.4, -0.2) is 44.6 Å². The molecule has 4 fully saturated rings. The Bertz CT molecular complexity index is 1600. The molecular formula is C40H59N3O6. The molecule has 8 atom stereocenters. The van der Waals surface area contributed by atoms with Crippen molar-refractivity contribution in [3.8, 4) is 0 Å². The van der Waals surface area contributed by atoms with Gasteiger partial charge >= 0.3 is 11.9 Å². The third kappa shape index (κ3) is 5.17. The summed E-state index contributed by atoms with van der Waals surface area (Å²) in [5.74, 6) is 0.155. The molecule has 1 heterocycles. The van der Waals surface area contributed by atoms with E-state index >= 15 is 0 Å². The molecule has 49 heavy (non-hydrogen) atoms. The first kappa shape index (κ1) is 35.8. The van der Waals surface area contributed by atoms with Gasteiger partial charge in [-0.05, 0) is 116 Å². The van der Waals surface area contributed by atoms with Crippen LogP contribution in [0.3, 0.4) is 0 Å².